The Morgan fingerprint density at radius 1 is 1.16 bits per heavy atom. The van der Waals surface area contributed by atoms with E-state index < -0.39 is 5.24 Å². The highest BCUT2D eigenvalue weighted by molar-refractivity contribution is 6.66. The van der Waals surface area contributed by atoms with Gasteiger partial charge < -0.3 is 0 Å². The van der Waals surface area contributed by atoms with E-state index in [9.17, 15) is 4.79 Å². The van der Waals surface area contributed by atoms with Crippen LogP contribution >= 0.6 is 11.6 Å². The molecule has 2 heteroatoms. The average molecular weight is 285 g/mol. The molecule has 0 aromatic carbocycles. The second kappa shape index (κ2) is 11.3. The molecule has 0 aromatic rings. The van der Waals surface area contributed by atoms with E-state index in [1.165, 1.54) is 38.2 Å². The fraction of sp³-hybridized carbons (Fsp3) is 0.706. The summed E-state index contributed by atoms with van der Waals surface area (Å²) in [5.41, 5.74) is 0.920. The first-order valence-corrected chi connectivity index (χ1v) is 7.87. The quantitative estimate of drug-likeness (QED) is 0.278. The molecule has 0 radical (unpaired) electrons. The summed E-state index contributed by atoms with van der Waals surface area (Å²) >= 11 is 5.29. The van der Waals surface area contributed by atoms with Crippen molar-refractivity contribution in [2.24, 2.45) is 11.8 Å². The normalized spacial score (nSPS) is 15.7. The topological polar surface area (TPSA) is 17.1 Å². The Morgan fingerprint density at radius 3 is 2.37 bits per heavy atom. The lowest BCUT2D eigenvalue weighted by Crippen LogP contribution is -1.97. The van der Waals surface area contributed by atoms with Gasteiger partial charge in [0.15, 0.2) is 0 Å². The van der Waals surface area contributed by atoms with Crippen LogP contribution in [0.1, 0.15) is 66.2 Å². The molecule has 0 N–H and O–H groups in total. The number of rotatable bonds is 10. The summed E-state index contributed by atoms with van der Waals surface area (Å²) in [4.78, 5) is 10.7. The molecule has 0 spiro atoms. The number of carbonyl (C=O) groups is 1. The van der Waals surface area contributed by atoms with Gasteiger partial charge in [0.1, 0.15) is 0 Å². The van der Waals surface area contributed by atoms with Crippen molar-refractivity contribution in [2.75, 3.05) is 0 Å². The molecule has 0 bridgehead atoms. The molecule has 0 amide bonds. The Morgan fingerprint density at radius 2 is 1.79 bits per heavy atom. The molecule has 110 valence electrons. The van der Waals surface area contributed by atoms with Crippen molar-refractivity contribution >= 4 is 16.8 Å². The molecule has 2 atom stereocenters. The second-order valence-electron chi connectivity index (χ2n) is 5.76. The Bertz CT molecular complexity index is 304. The van der Waals surface area contributed by atoms with Crippen LogP contribution in [0.15, 0.2) is 23.8 Å². The summed E-state index contributed by atoms with van der Waals surface area (Å²) in [7, 11) is 0. The molecular formula is C17H29ClO. The number of hydrogen-bond acceptors (Lipinski definition) is 1. The van der Waals surface area contributed by atoms with Crippen LogP contribution in [-0.2, 0) is 4.79 Å². The van der Waals surface area contributed by atoms with E-state index in [2.05, 4.69) is 26.8 Å². The van der Waals surface area contributed by atoms with Crippen LogP contribution in [-0.4, -0.2) is 5.24 Å². The minimum Gasteiger partial charge on any atom is -0.276 e. The summed E-state index contributed by atoms with van der Waals surface area (Å²) in [6, 6.07) is 0. The Balaban J connectivity index is 3.78. The molecular weight excluding hydrogens is 256 g/mol. The highest BCUT2D eigenvalue weighted by Gasteiger charge is 2.03. The van der Waals surface area contributed by atoms with Crippen molar-refractivity contribution in [1.29, 1.82) is 0 Å². The van der Waals surface area contributed by atoms with Gasteiger partial charge in [0.25, 0.3) is 0 Å². The second-order valence-corrected chi connectivity index (χ2v) is 6.13. The van der Waals surface area contributed by atoms with Crippen molar-refractivity contribution in [1.82, 2.24) is 0 Å². The predicted molar refractivity (Wildman–Crippen MR) is 85.5 cm³/mol. The maximum atomic E-state index is 10.7. The lowest BCUT2D eigenvalue weighted by molar-refractivity contribution is -0.107. The Kier molecular flexibility index (Phi) is 10.9. The largest absolute Gasteiger partial charge is 0.276 e. The standard InChI is InChI=1S/C17H29ClO/c1-5-8-14(2)9-6-10-15(3)11-7-12-16(4)13-17(18)19/h7,12-15H,5-6,8-11H2,1-4H3/b12-7+,16-13+. The zero-order chi connectivity index (χ0) is 14.7. The summed E-state index contributed by atoms with van der Waals surface area (Å²) in [5.74, 6) is 1.58. The molecule has 0 aromatic heterocycles. The summed E-state index contributed by atoms with van der Waals surface area (Å²) < 4.78 is 0. The molecule has 0 saturated carbocycles. The van der Waals surface area contributed by atoms with Gasteiger partial charge in [-0.2, -0.15) is 0 Å². The number of hydrogen-bond donors (Lipinski definition) is 0. The van der Waals surface area contributed by atoms with Crippen LogP contribution < -0.4 is 0 Å². The smallest absolute Gasteiger partial charge is 0.245 e. The molecule has 0 aliphatic carbocycles. The molecule has 19 heavy (non-hydrogen) atoms. The third-order valence-electron chi connectivity index (χ3n) is 3.44. The number of carbonyl (C=O) groups excluding carboxylic acids is 1. The molecule has 0 aliphatic rings. The number of halogens is 1. The van der Waals surface area contributed by atoms with Crippen LogP contribution in [0.5, 0.6) is 0 Å². The van der Waals surface area contributed by atoms with Crippen molar-refractivity contribution in [3.8, 4) is 0 Å². The van der Waals surface area contributed by atoms with Crippen LogP contribution in [0.2, 0.25) is 0 Å². The SMILES string of the molecule is CCCC(C)CCCC(C)C/C=C/C(C)=C/C(=O)Cl. The van der Waals surface area contributed by atoms with Gasteiger partial charge in [0.05, 0.1) is 0 Å². The van der Waals surface area contributed by atoms with Crippen LogP contribution in [0.25, 0.3) is 0 Å². The zero-order valence-corrected chi connectivity index (χ0v) is 13.7. The minimum atomic E-state index is -0.403. The zero-order valence-electron chi connectivity index (χ0n) is 12.9. The minimum absolute atomic E-state index is 0.403. The fourth-order valence-electron chi connectivity index (χ4n) is 2.28. The third kappa shape index (κ3) is 12.2. The van der Waals surface area contributed by atoms with Gasteiger partial charge in [-0.25, -0.2) is 0 Å². The summed E-state index contributed by atoms with van der Waals surface area (Å²) in [5, 5.41) is -0.403. The maximum Gasteiger partial charge on any atom is 0.245 e. The van der Waals surface area contributed by atoms with E-state index in [-0.39, 0.29) is 0 Å². The van der Waals surface area contributed by atoms with Crippen LogP contribution in [0, 0.1) is 11.8 Å². The molecule has 0 aliphatic heterocycles. The average Bonchev–Trinajstić information content (AvgIpc) is 2.28. The van der Waals surface area contributed by atoms with Gasteiger partial charge in [0.2, 0.25) is 5.24 Å². The molecule has 0 fully saturated rings. The lowest BCUT2D eigenvalue weighted by Gasteiger charge is -2.12. The van der Waals surface area contributed by atoms with Gasteiger partial charge in [-0.1, -0.05) is 65.0 Å². The van der Waals surface area contributed by atoms with Crippen molar-refractivity contribution in [3.05, 3.63) is 23.8 Å². The number of allylic oxidation sites excluding steroid dienone is 4. The first-order chi connectivity index (χ1) is 8.95. The summed E-state index contributed by atoms with van der Waals surface area (Å²) in [6.07, 6.45) is 13.3. The third-order valence-corrected chi connectivity index (χ3v) is 3.54. The molecule has 2 unspecified atom stereocenters. The molecule has 0 saturated heterocycles. The van der Waals surface area contributed by atoms with Crippen molar-refractivity contribution < 1.29 is 4.79 Å². The van der Waals surface area contributed by atoms with Gasteiger partial charge in [0, 0.05) is 6.08 Å². The molecule has 1 nitrogen and oxygen atoms in total. The maximum absolute atomic E-state index is 10.7. The Hall–Kier alpha value is -0.560. The highest BCUT2D eigenvalue weighted by atomic mass is 35.5. The van der Waals surface area contributed by atoms with Crippen LogP contribution in [0.4, 0.5) is 0 Å². The van der Waals surface area contributed by atoms with Crippen LogP contribution in [0.3, 0.4) is 0 Å². The summed E-state index contributed by atoms with van der Waals surface area (Å²) in [6.45, 7) is 8.80. The van der Waals surface area contributed by atoms with E-state index >= 15 is 0 Å². The predicted octanol–water partition coefficient (Wildman–Crippen LogP) is 5.89. The van der Waals surface area contributed by atoms with E-state index in [4.69, 9.17) is 11.6 Å². The van der Waals surface area contributed by atoms with Crippen molar-refractivity contribution in [2.45, 2.75) is 66.2 Å². The molecule has 0 rings (SSSR count). The Labute approximate surface area is 124 Å². The van der Waals surface area contributed by atoms with E-state index in [0.29, 0.717) is 5.92 Å². The van der Waals surface area contributed by atoms with Gasteiger partial charge in [-0.15, -0.1) is 0 Å². The van der Waals surface area contributed by atoms with E-state index in [1.807, 2.05) is 13.0 Å². The monoisotopic (exact) mass is 284 g/mol. The van der Waals surface area contributed by atoms with Crippen molar-refractivity contribution in [3.63, 3.8) is 0 Å². The van der Waals surface area contributed by atoms with Gasteiger partial charge in [-0.3, -0.25) is 4.79 Å². The van der Waals surface area contributed by atoms with Gasteiger partial charge >= 0.3 is 0 Å². The lowest BCUT2D eigenvalue weighted by atomic mass is 9.94. The van der Waals surface area contributed by atoms with E-state index in [1.54, 1.807) is 0 Å². The first kappa shape index (κ1) is 18.4. The van der Waals surface area contributed by atoms with E-state index in [0.717, 1.165) is 17.9 Å². The first-order valence-electron chi connectivity index (χ1n) is 7.50. The fourth-order valence-corrected chi connectivity index (χ4v) is 2.46. The van der Waals surface area contributed by atoms with Gasteiger partial charge in [-0.05, 0) is 42.4 Å². The molecule has 0 heterocycles. The highest BCUT2D eigenvalue weighted by Crippen LogP contribution is 2.18.